The average molecular weight is 388 g/mol. The van der Waals surface area contributed by atoms with Crippen molar-refractivity contribution in [2.75, 3.05) is 20.7 Å². The van der Waals surface area contributed by atoms with Gasteiger partial charge in [-0.25, -0.2) is 0 Å². The van der Waals surface area contributed by atoms with Crippen molar-refractivity contribution >= 4 is 22.4 Å². The molecule has 1 aromatic heterocycles. The number of carbonyl (C=O) groups is 1. The molecule has 0 fully saturated rings. The predicted octanol–water partition coefficient (Wildman–Crippen LogP) is 3.65. The summed E-state index contributed by atoms with van der Waals surface area (Å²) in [6.45, 7) is 1.27. The average Bonchev–Trinajstić information content (AvgIpc) is 3.03. The molecule has 0 bridgehead atoms. The molecule has 148 valence electrons. The van der Waals surface area contributed by atoms with Crippen LogP contribution in [0.25, 0.3) is 16.5 Å². The van der Waals surface area contributed by atoms with Crippen molar-refractivity contribution in [3.8, 4) is 5.88 Å². The third-order valence-corrected chi connectivity index (χ3v) is 6.30. The number of likely N-dealkylation sites (N-methyl/N-ethyl adjacent to an activating group) is 1. The first-order chi connectivity index (χ1) is 14.1. The number of aliphatic carboxylic acids is 1. The molecule has 1 N–H and O–H groups in total. The summed E-state index contributed by atoms with van der Waals surface area (Å²) >= 11 is 0. The number of hydrogen-bond donors (Lipinski definition) is 1. The van der Waals surface area contributed by atoms with Crippen LogP contribution in [0.2, 0.25) is 0 Å². The van der Waals surface area contributed by atoms with Gasteiger partial charge in [0, 0.05) is 23.5 Å². The van der Waals surface area contributed by atoms with E-state index in [2.05, 4.69) is 51.9 Å². The standard InChI is InChI=1S/C24H24N2O3/c1-25-14-16(24(27)28)11-18-17-9-6-10-20-22(17)19(12-21(18)25)23(29-2)26(20)13-15-7-4-3-5-8-15/h3-11,16,21H,12-14H2,1-2H3,(H,27,28)/t16-,21-/m1/s1. The molecule has 5 rings (SSSR count). The minimum absolute atomic E-state index is 0.171. The summed E-state index contributed by atoms with van der Waals surface area (Å²) in [5, 5.41) is 10.8. The Morgan fingerprint density at radius 2 is 1.97 bits per heavy atom. The van der Waals surface area contributed by atoms with Crippen molar-refractivity contribution in [1.29, 1.82) is 0 Å². The molecule has 3 aromatic rings. The van der Waals surface area contributed by atoms with E-state index in [4.69, 9.17) is 4.74 Å². The Hall–Kier alpha value is -3.05. The molecule has 29 heavy (non-hydrogen) atoms. The first-order valence-corrected chi connectivity index (χ1v) is 9.95. The predicted molar refractivity (Wildman–Crippen MR) is 113 cm³/mol. The SMILES string of the molecule is COc1c2c3c(cccc3n1Cc1ccccc1)C1=C[C@@H](C(=O)O)CN(C)[C@@H]1C2. The van der Waals surface area contributed by atoms with Gasteiger partial charge in [-0.15, -0.1) is 0 Å². The first kappa shape index (κ1) is 18.0. The molecule has 0 radical (unpaired) electrons. The second-order valence-corrected chi connectivity index (χ2v) is 7.99. The van der Waals surface area contributed by atoms with Gasteiger partial charge in [-0.2, -0.15) is 0 Å². The van der Waals surface area contributed by atoms with Gasteiger partial charge in [0.25, 0.3) is 0 Å². The number of nitrogens with zero attached hydrogens (tertiary/aromatic N) is 2. The highest BCUT2D eigenvalue weighted by Crippen LogP contribution is 2.45. The fourth-order valence-electron chi connectivity index (χ4n) is 4.98. The maximum absolute atomic E-state index is 11.7. The molecule has 2 heterocycles. The monoisotopic (exact) mass is 388 g/mol. The molecule has 0 saturated carbocycles. The number of carboxylic acid groups (broad SMARTS) is 1. The van der Waals surface area contributed by atoms with Crippen LogP contribution in [0.15, 0.2) is 54.6 Å². The number of ether oxygens (including phenoxy) is 1. The fraction of sp³-hybridized carbons (Fsp3) is 0.292. The normalized spacial score (nSPS) is 21.0. The molecule has 5 heteroatoms. The van der Waals surface area contributed by atoms with E-state index in [1.165, 1.54) is 16.5 Å². The van der Waals surface area contributed by atoms with Gasteiger partial charge in [0.05, 0.1) is 25.1 Å². The second kappa shape index (κ2) is 6.78. The van der Waals surface area contributed by atoms with Gasteiger partial charge in [-0.3, -0.25) is 9.69 Å². The lowest BCUT2D eigenvalue weighted by molar-refractivity contribution is -0.140. The number of carboxylic acids is 1. The van der Waals surface area contributed by atoms with Crippen molar-refractivity contribution in [3.05, 3.63) is 71.3 Å². The van der Waals surface area contributed by atoms with Crippen LogP contribution < -0.4 is 4.74 Å². The van der Waals surface area contributed by atoms with Gasteiger partial charge in [0.15, 0.2) is 5.88 Å². The summed E-state index contributed by atoms with van der Waals surface area (Å²) in [5.41, 5.74) is 5.84. The lowest BCUT2D eigenvalue weighted by Gasteiger charge is -2.38. The minimum Gasteiger partial charge on any atom is -0.482 e. The van der Waals surface area contributed by atoms with Crippen molar-refractivity contribution in [1.82, 2.24) is 9.47 Å². The molecule has 2 aliphatic rings. The summed E-state index contributed by atoms with van der Waals surface area (Å²) < 4.78 is 8.16. The number of methoxy groups -OCH3 is 1. The molecule has 0 unspecified atom stereocenters. The van der Waals surface area contributed by atoms with E-state index in [-0.39, 0.29) is 6.04 Å². The number of fused-ring (bicyclic) bond motifs is 2. The van der Waals surface area contributed by atoms with Crippen molar-refractivity contribution in [2.45, 2.75) is 19.0 Å². The highest BCUT2D eigenvalue weighted by molar-refractivity contribution is 6.01. The largest absolute Gasteiger partial charge is 0.482 e. The Bertz CT molecular complexity index is 1130. The van der Waals surface area contributed by atoms with Crippen LogP contribution in [0.4, 0.5) is 0 Å². The van der Waals surface area contributed by atoms with E-state index < -0.39 is 11.9 Å². The highest BCUT2D eigenvalue weighted by Gasteiger charge is 2.37. The van der Waals surface area contributed by atoms with Crippen LogP contribution >= 0.6 is 0 Å². The molecule has 2 atom stereocenters. The Balaban J connectivity index is 1.72. The summed E-state index contributed by atoms with van der Waals surface area (Å²) in [7, 11) is 3.76. The zero-order chi connectivity index (χ0) is 20.1. The Morgan fingerprint density at radius 3 is 2.69 bits per heavy atom. The van der Waals surface area contributed by atoms with Gasteiger partial charge in [0.1, 0.15) is 0 Å². The number of benzene rings is 2. The van der Waals surface area contributed by atoms with Crippen molar-refractivity contribution in [2.24, 2.45) is 5.92 Å². The fourth-order valence-corrected chi connectivity index (χ4v) is 4.98. The van der Waals surface area contributed by atoms with E-state index >= 15 is 0 Å². The maximum Gasteiger partial charge on any atom is 0.311 e. The topological polar surface area (TPSA) is 54.7 Å². The van der Waals surface area contributed by atoms with Crippen LogP contribution in [-0.4, -0.2) is 47.3 Å². The minimum atomic E-state index is -0.764. The lowest BCUT2D eigenvalue weighted by atomic mass is 9.80. The number of rotatable bonds is 4. The van der Waals surface area contributed by atoms with E-state index in [9.17, 15) is 9.90 Å². The van der Waals surface area contributed by atoms with Gasteiger partial charge >= 0.3 is 5.97 Å². The zero-order valence-corrected chi connectivity index (χ0v) is 16.6. The first-order valence-electron chi connectivity index (χ1n) is 9.95. The van der Waals surface area contributed by atoms with Gasteiger partial charge < -0.3 is 14.4 Å². The van der Waals surface area contributed by atoms with Crippen LogP contribution in [0.3, 0.4) is 0 Å². The summed E-state index contributed by atoms with van der Waals surface area (Å²) in [4.78, 5) is 13.8. The molecular weight excluding hydrogens is 364 g/mol. The van der Waals surface area contributed by atoms with Crippen molar-refractivity contribution < 1.29 is 14.6 Å². The Kier molecular flexibility index (Phi) is 4.21. The van der Waals surface area contributed by atoms with Crippen LogP contribution in [0.5, 0.6) is 5.88 Å². The van der Waals surface area contributed by atoms with Crippen molar-refractivity contribution in [3.63, 3.8) is 0 Å². The molecular formula is C24H24N2O3. The second-order valence-electron chi connectivity index (χ2n) is 7.99. The molecule has 0 spiro atoms. The molecule has 0 saturated heterocycles. The molecule has 2 aromatic carbocycles. The van der Waals surface area contributed by atoms with Gasteiger partial charge in [-0.05, 0) is 36.2 Å². The van der Waals surface area contributed by atoms with Crippen LogP contribution in [0.1, 0.15) is 16.7 Å². The zero-order valence-electron chi connectivity index (χ0n) is 16.6. The Labute approximate surface area is 169 Å². The number of hydrogen-bond acceptors (Lipinski definition) is 3. The Morgan fingerprint density at radius 1 is 1.17 bits per heavy atom. The van der Waals surface area contributed by atoms with E-state index in [0.717, 1.165) is 35.5 Å². The quantitative estimate of drug-likeness (QED) is 0.741. The number of aromatic nitrogens is 1. The smallest absolute Gasteiger partial charge is 0.311 e. The van der Waals surface area contributed by atoms with Gasteiger partial charge in [0.2, 0.25) is 0 Å². The lowest BCUT2D eigenvalue weighted by Crippen LogP contribution is -2.44. The molecule has 5 nitrogen and oxygen atoms in total. The maximum atomic E-state index is 11.7. The summed E-state index contributed by atoms with van der Waals surface area (Å²) in [6, 6.07) is 16.9. The van der Waals surface area contributed by atoms with Crippen LogP contribution in [-0.2, 0) is 17.8 Å². The van der Waals surface area contributed by atoms with Gasteiger partial charge in [-0.1, -0.05) is 48.5 Å². The van der Waals surface area contributed by atoms with E-state index in [1.54, 1.807) is 7.11 Å². The van der Waals surface area contributed by atoms with E-state index in [1.807, 2.05) is 19.2 Å². The van der Waals surface area contributed by atoms with Crippen LogP contribution in [0, 0.1) is 5.92 Å². The molecule has 0 amide bonds. The summed E-state index contributed by atoms with van der Waals surface area (Å²) in [6.07, 6.45) is 2.79. The third-order valence-electron chi connectivity index (χ3n) is 6.30. The summed E-state index contributed by atoms with van der Waals surface area (Å²) in [5.74, 6) is -0.333. The molecule has 1 aliphatic carbocycles. The molecule has 1 aliphatic heterocycles. The highest BCUT2D eigenvalue weighted by atomic mass is 16.5. The van der Waals surface area contributed by atoms with E-state index in [0.29, 0.717) is 6.54 Å². The third kappa shape index (κ3) is 2.76.